The highest BCUT2D eigenvalue weighted by atomic mass is 16.2. The van der Waals surface area contributed by atoms with Gasteiger partial charge in [-0.2, -0.15) is 0 Å². The molecule has 0 aliphatic carbocycles. The summed E-state index contributed by atoms with van der Waals surface area (Å²) in [5.41, 5.74) is 1.55. The minimum Gasteiger partial charge on any atom is -0.355 e. The van der Waals surface area contributed by atoms with Crippen LogP contribution in [-0.2, 0) is 4.79 Å². The van der Waals surface area contributed by atoms with Gasteiger partial charge in [-0.3, -0.25) is 4.79 Å². The Bertz CT molecular complexity index is 871. The monoisotopic (exact) mass is 337 g/mol. The first-order valence-electron chi connectivity index (χ1n) is 8.35. The topological polar surface area (TPSA) is 79.5 Å². The van der Waals surface area contributed by atoms with E-state index in [1.54, 1.807) is 4.90 Å². The third-order valence-electron chi connectivity index (χ3n) is 4.70. The van der Waals surface area contributed by atoms with Gasteiger partial charge in [-0.05, 0) is 47.5 Å². The van der Waals surface area contributed by atoms with Crippen LogP contribution in [0.2, 0.25) is 0 Å². The highest BCUT2D eigenvalue weighted by molar-refractivity contribution is 5.94. The van der Waals surface area contributed by atoms with Crippen LogP contribution in [0.15, 0.2) is 42.5 Å². The van der Waals surface area contributed by atoms with Crippen molar-refractivity contribution in [2.75, 3.05) is 29.9 Å². The van der Waals surface area contributed by atoms with E-state index in [1.165, 1.54) is 4.63 Å². The second-order valence-electron chi connectivity index (χ2n) is 6.21. The smallest absolute Gasteiger partial charge is 0.229 e. The lowest BCUT2D eigenvalue weighted by atomic mass is 9.95. The number of amides is 1. The van der Waals surface area contributed by atoms with E-state index in [0.29, 0.717) is 5.65 Å². The highest BCUT2D eigenvalue weighted by Crippen LogP contribution is 2.25. The molecule has 25 heavy (non-hydrogen) atoms. The summed E-state index contributed by atoms with van der Waals surface area (Å²) in [6.45, 7) is 1.58. The molecule has 0 spiro atoms. The SMILES string of the molecule is CN(C(=O)C1CCN(c2ccc3nnnn3n2)CC1)c1ccccc1. The molecular formula is C17H19N7O. The van der Waals surface area contributed by atoms with Crippen molar-refractivity contribution in [1.82, 2.24) is 25.3 Å². The Hall–Kier alpha value is -3.03. The number of nitrogens with zero attached hydrogens (tertiary/aromatic N) is 7. The summed E-state index contributed by atoms with van der Waals surface area (Å²) in [6, 6.07) is 13.5. The normalized spacial score (nSPS) is 15.5. The van der Waals surface area contributed by atoms with Gasteiger partial charge < -0.3 is 9.80 Å². The summed E-state index contributed by atoms with van der Waals surface area (Å²) >= 11 is 0. The van der Waals surface area contributed by atoms with Crippen LogP contribution >= 0.6 is 0 Å². The Morgan fingerprint density at radius 2 is 1.88 bits per heavy atom. The Labute approximate surface area is 145 Å². The third-order valence-corrected chi connectivity index (χ3v) is 4.70. The van der Waals surface area contributed by atoms with Crippen LogP contribution in [0.3, 0.4) is 0 Å². The zero-order valence-corrected chi connectivity index (χ0v) is 14.0. The predicted molar refractivity (Wildman–Crippen MR) is 93.4 cm³/mol. The predicted octanol–water partition coefficient (Wildman–Crippen LogP) is 1.40. The summed E-state index contributed by atoms with van der Waals surface area (Å²) in [6.07, 6.45) is 1.62. The molecule has 0 unspecified atom stereocenters. The molecule has 2 aromatic heterocycles. The summed E-state index contributed by atoms with van der Waals surface area (Å²) in [5, 5.41) is 15.7. The molecule has 1 aliphatic heterocycles. The van der Waals surface area contributed by atoms with E-state index in [1.807, 2.05) is 49.5 Å². The van der Waals surface area contributed by atoms with Gasteiger partial charge in [-0.1, -0.05) is 18.2 Å². The molecule has 0 bridgehead atoms. The number of piperidine rings is 1. The van der Waals surface area contributed by atoms with Gasteiger partial charge in [0.2, 0.25) is 5.91 Å². The summed E-state index contributed by atoms with van der Waals surface area (Å²) < 4.78 is 1.43. The lowest BCUT2D eigenvalue weighted by Gasteiger charge is -2.33. The molecule has 128 valence electrons. The molecule has 8 heteroatoms. The molecule has 0 saturated carbocycles. The molecule has 1 saturated heterocycles. The van der Waals surface area contributed by atoms with Crippen molar-refractivity contribution in [1.29, 1.82) is 0 Å². The minimum atomic E-state index is 0.0400. The van der Waals surface area contributed by atoms with E-state index in [9.17, 15) is 4.79 Å². The van der Waals surface area contributed by atoms with Gasteiger partial charge in [-0.15, -0.1) is 14.8 Å². The van der Waals surface area contributed by atoms with Crippen LogP contribution < -0.4 is 9.80 Å². The van der Waals surface area contributed by atoms with Crippen LogP contribution in [-0.4, -0.2) is 51.3 Å². The largest absolute Gasteiger partial charge is 0.355 e. The number of rotatable bonds is 3. The number of fused-ring (bicyclic) bond motifs is 1. The molecule has 0 atom stereocenters. The van der Waals surface area contributed by atoms with Crippen molar-refractivity contribution in [2.24, 2.45) is 5.92 Å². The zero-order chi connectivity index (χ0) is 17.2. The van der Waals surface area contributed by atoms with Gasteiger partial charge in [0.05, 0.1) is 0 Å². The molecule has 0 radical (unpaired) electrons. The van der Waals surface area contributed by atoms with Gasteiger partial charge in [0, 0.05) is 31.7 Å². The summed E-state index contributed by atoms with van der Waals surface area (Å²) in [7, 11) is 1.84. The molecule has 4 rings (SSSR count). The maximum absolute atomic E-state index is 12.7. The van der Waals surface area contributed by atoms with Crippen LogP contribution in [0, 0.1) is 5.92 Å². The van der Waals surface area contributed by atoms with Crippen LogP contribution in [0.1, 0.15) is 12.8 Å². The Kier molecular flexibility index (Phi) is 4.01. The standard InChI is InChI=1S/C17H19N7O/c1-22(14-5-3-2-4-6-14)17(25)13-9-11-23(12-10-13)16-8-7-15-18-20-21-24(15)19-16/h2-8,13H,9-12H2,1H3. The molecule has 8 nitrogen and oxygen atoms in total. The van der Waals surface area contributed by atoms with Crippen LogP contribution in [0.5, 0.6) is 0 Å². The molecule has 1 aliphatic rings. The number of para-hydroxylation sites is 1. The highest BCUT2D eigenvalue weighted by Gasteiger charge is 2.28. The number of benzene rings is 1. The van der Waals surface area contributed by atoms with Gasteiger partial charge in [0.15, 0.2) is 11.5 Å². The fourth-order valence-corrected chi connectivity index (χ4v) is 3.22. The number of anilines is 2. The van der Waals surface area contributed by atoms with Crippen molar-refractivity contribution < 1.29 is 4.79 Å². The number of carbonyl (C=O) groups is 1. The maximum Gasteiger partial charge on any atom is 0.229 e. The lowest BCUT2D eigenvalue weighted by molar-refractivity contribution is -0.122. The number of carbonyl (C=O) groups excluding carboxylic acids is 1. The fourth-order valence-electron chi connectivity index (χ4n) is 3.22. The summed E-state index contributed by atoms with van der Waals surface area (Å²) in [5.74, 6) is 1.05. The first kappa shape index (κ1) is 15.5. The fraction of sp³-hybridized carbons (Fsp3) is 0.353. The van der Waals surface area contributed by atoms with Crippen LogP contribution in [0.25, 0.3) is 5.65 Å². The van der Waals surface area contributed by atoms with Gasteiger partial charge in [-0.25, -0.2) is 0 Å². The van der Waals surface area contributed by atoms with E-state index < -0.39 is 0 Å². The molecule has 0 N–H and O–H groups in total. The molecule has 1 aromatic carbocycles. The third kappa shape index (κ3) is 3.02. The molecule has 1 fully saturated rings. The average Bonchev–Trinajstić information content (AvgIpc) is 3.15. The number of hydrogen-bond acceptors (Lipinski definition) is 6. The van der Waals surface area contributed by atoms with Crippen molar-refractivity contribution >= 4 is 23.1 Å². The number of hydrogen-bond donors (Lipinski definition) is 0. The minimum absolute atomic E-state index is 0.0400. The van der Waals surface area contributed by atoms with E-state index >= 15 is 0 Å². The molecular weight excluding hydrogens is 318 g/mol. The Morgan fingerprint density at radius 1 is 1.12 bits per heavy atom. The van der Waals surface area contributed by atoms with Crippen molar-refractivity contribution in [3.8, 4) is 0 Å². The zero-order valence-electron chi connectivity index (χ0n) is 14.0. The van der Waals surface area contributed by atoms with E-state index in [4.69, 9.17) is 0 Å². The van der Waals surface area contributed by atoms with E-state index in [2.05, 4.69) is 25.5 Å². The quantitative estimate of drug-likeness (QED) is 0.719. The van der Waals surface area contributed by atoms with E-state index in [0.717, 1.165) is 37.4 Å². The van der Waals surface area contributed by atoms with Crippen LogP contribution in [0.4, 0.5) is 11.5 Å². The Balaban J connectivity index is 1.41. The number of aromatic nitrogens is 5. The average molecular weight is 337 g/mol. The van der Waals surface area contributed by atoms with E-state index in [-0.39, 0.29) is 11.8 Å². The second-order valence-corrected chi connectivity index (χ2v) is 6.21. The Morgan fingerprint density at radius 3 is 2.64 bits per heavy atom. The first-order valence-corrected chi connectivity index (χ1v) is 8.35. The van der Waals surface area contributed by atoms with Gasteiger partial charge in [0.1, 0.15) is 0 Å². The second kappa shape index (κ2) is 6.46. The lowest BCUT2D eigenvalue weighted by Crippen LogP contribution is -2.41. The summed E-state index contributed by atoms with van der Waals surface area (Å²) in [4.78, 5) is 16.7. The van der Waals surface area contributed by atoms with Gasteiger partial charge >= 0.3 is 0 Å². The van der Waals surface area contributed by atoms with Crippen molar-refractivity contribution in [2.45, 2.75) is 12.8 Å². The van der Waals surface area contributed by atoms with Crippen molar-refractivity contribution in [3.63, 3.8) is 0 Å². The number of tetrazole rings is 1. The van der Waals surface area contributed by atoms with Crippen molar-refractivity contribution in [3.05, 3.63) is 42.5 Å². The van der Waals surface area contributed by atoms with Gasteiger partial charge in [0.25, 0.3) is 0 Å². The molecule has 3 aromatic rings. The molecule has 1 amide bonds. The molecule has 3 heterocycles. The first-order chi connectivity index (χ1) is 12.2. The maximum atomic E-state index is 12.7.